The maximum absolute atomic E-state index is 13.8. The van der Waals surface area contributed by atoms with Crippen LogP contribution in [0.1, 0.15) is 44.1 Å². The van der Waals surface area contributed by atoms with Crippen molar-refractivity contribution in [3.63, 3.8) is 0 Å². The molecule has 0 heterocycles. The van der Waals surface area contributed by atoms with Gasteiger partial charge in [-0.3, -0.25) is 0 Å². The first-order valence-electron chi connectivity index (χ1n) is 7.33. The van der Waals surface area contributed by atoms with Crippen molar-refractivity contribution in [1.29, 1.82) is 0 Å². The van der Waals surface area contributed by atoms with Gasteiger partial charge >= 0.3 is 0 Å². The molecule has 1 unspecified atom stereocenters. The van der Waals surface area contributed by atoms with Gasteiger partial charge in [0.05, 0.1) is 5.60 Å². The Labute approximate surface area is 119 Å². The molecular weight excluding hydrogens is 260 g/mol. The fraction of sp³-hybridized carbons (Fsp3) is 0.625. The van der Waals surface area contributed by atoms with Crippen LogP contribution < -0.4 is 5.73 Å². The highest BCUT2D eigenvalue weighted by Gasteiger charge is 2.37. The van der Waals surface area contributed by atoms with Gasteiger partial charge in [-0.15, -0.1) is 0 Å². The third-order valence-electron chi connectivity index (χ3n) is 4.52. The molecule has 0 bridgehead atoms. The average molecular weight is 283 g/mol. The number of nitrogens with two attached hydrogens (primary N) is 1. The van der Waals surface area contributed by atoms with E-state index in [2.05, 4.69) is 0 Å². The van der Waals surface area contributed by atoms with Crippen LogP contribution in [0.2, 0.25) is 0 Å². The van der Waals surface area contributed by atoms with E-state index in [0.29, 0.717) is 0 Å². The summed E-state index contributed by atoms with van der Waals surface area (Å²) >= 11 is 0. The summed E-state index contributed by atoms with van der Waals surface area (Å²) in [5.74, 6) is -1.05. The smallest absolute Gasteiger partial charge is 0.129 e. The van der Waals surface area contributed by atoms with Crippen molar-refractivity contribution in [3.05, 3.63) is 35.4 Å². The second-order valence-corrected chi connectivity index (χ2v) is 5.69. The fourth-order valence-electron chi connectivity index (χ4n) is 3.19. The van der Waals surface area contributed by atoms with Gasteiger partial charge in [0, 0.05) is 18.7 Å². The molecule has 1 aliphatic carbocycles. The summed E-state index contributed by atoms with van der Waals surface area (Å²) in [5, 5.41) is 0. The number of rotatable bonds is 4. The summed E-state index contributed by atoms with van der Waals surface area (Å²) in [6.45, 7) is 0. The maximum atomic E-state index is 13.8. The van der Waals surface area contributed by atoms with Crippen LogP contribution in [0, 0.1) is 11.6 Å². The lowest BCUT2D eigenvalue weighted by Gasteiger charge is -2.37. The van der Waals surface area contributed by atoms with E-state index in [9.17, 15) is 8.78 Å². The van der Waals surface area contributed by atoms with E-state index < -0.39 is 23.3 Å². The molecule has 1 atom stereocenters. The molecule has 4 heteroatoms. The Hall–Kier alpha value is -1.00. The molecule has 0 aromatic heterocycles. The molecule has 2 N–H and O–H groups in total. The highest BCUT2D eigenvalue weighted by molar-refractivity contribution is 5.21. The van der Waals surface area contributed by atoms with Gasteiger partial charge in [-0.05, 0) is 31.4 Å². The highest BCUT2D eigenvalue weighted by atomic mass is 19.1. The fourth-order valence-corrected chi connectivity index (χ4v) is 3.19. The second-order valence-electron chi connectivity index (χ2n) is 5.69. The lowest BCUT2D eigenvalue weighted by atomic mass is 9.83. The van der Waals surface area contributed by atoms with Crippen LogP contribution in [0.15, 0.2) is 18.2 Å². The summed E-state index contributed by atoms with van der Waals surface area (Å²) in [6.07, 6.45) is 6.36. The van der Waals surface area contributed by atoms with Gasteiger partial charge in [0.25, 0.3) is 0 Å². The molecule has 0 radical (unpaired) electrons. The van der Waals surface area contributed by atoms with Crippen molar-refractivity contribution >= 4 is 0 Å². The minimum Gasteiger partial charge on any atom is -0.377 e. The van der Waals surface area contributed by atoms with Crippen LogP contribution in [0.3, 0.4) is 0 Å². The first kappa shape index (κ1) is 15.4. The van der Waals surface area contributed by atoms with Crippen molar-refractivity contribution in [1.82, 2.24) is 0 Å². The third-order valence-corrected chi connectivity index (χ3v) is 4.52. The normalized spacial score (nSPS) is 20.4. The van der Waals surface area contributed by atoms with Gasteiger partial charge in [-0.1, -0.05) is 31.7 Å². The van der Waals surface area contributed by atoms with E-state index in [1.165, 1.54) is 31.0 Å². The highest BCUT2D eigenvalue weighted by Crippen LogP contribution is 2.34. The van der Waals surface area contributed by atoms with Crippen LogP contribution in [-0.4, -0.2) is 18.8 Å². The van der Waals surface area contributed by atoms with E-state index in [0.717, 1.165) is 25.7 Å². The number of benzene rings is 1. The van der Waals surface area contributed by atoms with Gasteiger partial charge in [0.2, 0.25) is 0 Å². The van der Waals surface area contributed by atoms with Crippen LogP contribution in [-0.2, 0) is 11.2 Å². The number of ether oxygens (including phenoxy) is 1. The molecule has 20 heavy (non-hydrogen) atoms. The summed E-state index contributed by atoms with van der Waals surface area (Å²) in [5.41, 5.74) is 5.89. The number of methoxy groups -OCH3 is 1. The Morgan fingerprint density at radius 1 is 1.15 bits per heavy atom. The topological polar surface area (TPSA) is 35.2 Å². The van der Waals surface area contributed by atoms with Crippen molar-refractivity contribution < 1.29 is 13.5 Å². The lowest BCUT2D eigenvalue weighted by Crippen LogP contribution is -2.50. The van der Waals surface area contributed by atoms with Gasteiger partial charge in [0.15, 0.2) is 0 Å². The molecule has 1 aromatic carbocycles. The van der Waals surface area contributed by atoms with Gasteiger partial charge < -0.3 is 10.5 Å². The van der Waals surface area contributed by atoms with E-state index in [1.807, 2.05) is 0 Å². The average Bonchev–Trinajstić information content (AvgIpc) is 2.69. The standard InChI is InChI=1S/C16H23F2NO/c1-20-16(9-4-2-3-5-10-16)15(19)11-12-13(17)7-6-8-14(12)18/h6-8,15H,2-5,9-11,19H2,1H3. The molecular formula is C16H23F2NO. The van der Waals surface area contributed by atoms with Gasteiger partial charge in [0.1, 0.15) is 11.6 Å². The monoisotopic (exact) mass is 283 g/mol. The molecule has 1 aliphatic rings. The molecule has 0 amide bonds. The van der Waals surface area contributed by atoms with E-state index in [4.69, 9.17) is 10.5 Å². The SMILES string of the molecule is COC1(C(N)Cc2c(F)cccc2F)CCCCCC1. The zero-order chi connectivity index (χ0) is 14.6. The molecule has 2 rings (SSSR count). The summed E-state index contributed by atoms with van der Waals surface area (Å²) in [7, 11) is 1.66. The van der Waals surface area contributed by atoms with E-state index in [1.54, 1.807) is 7.11 Å². The molecule has 0 saturated heterocycles. The van der Waals surface area contributed by atoms with Crippen LogP contribution in [0.4, 0.5) is 8.78 Å². The maximum Gasteiger partial charge on any atom is 0.129 e. The first-order valence-corrected chi connectivity index (χ1v) is 7.33. The van der Waals surface area contributed by atoms with Gasteiger partial charge in [-0.25, -0.2) is 8.78 Å². The van der Waals surface area contributed by atoms with E-state index >= 15 is 0 Å². The molecule has 0 aliphatic heterocycles. The molecule has 2 nitrogen and oxygen atoms in total. The predicted molar refractivity (Wildman–Crippen MR) is 75.5 cm³/mol. The Morgan fingerprint density at radius 2 is 1.70 bits per heavy atom. The minimum absolute atomic E-state index is 0.0701. The van der Waals surface area contributed by atoms with Crippen molar-refractivity contribution in [2.75, 3.05) is 7.11 Å². The first-order chi connectivity index (χ1) is 9.59. The van der Waals surface area contributed by atoms with Crippen molar-refractivity contribution in [3.8, 4) is 0 Å². The van der Waals surface area contributed by atoms with Gasteiger partial charge in [-0.2, -0.15) is 0 Å². The van der Waals surface area contributed by atoms with Crippen molar-refractivity contribution in [2.24, 2.45) is 5.73 Å². The molecule has 0 spiro atoms. The largest absolute Gasteiger partial charge is 0.377 e. The number of halogens is 2. The van der Waals surface area contributed by atoms with E-state index in [-0.39, 0.29) is 12.0 Å². The Bertz CT molecular complexity index is 422. The Kier molecular flexibility index (Phi) is 5.11. The minimum atomic E-state index is -0.527. The lowest BCUT2D eigenvalue weighted by molar-refractivity contribution is -0.0433. The summed E-state index contributed by atoms with van der Waals surface area (Å²) < 4.78 is 33.2. The molecule has 112 valence electrons. The molecule has 1 fully saturated rings. The molecule has 1 saturated carbocycles. The second kappa shape index (κ2) is 6.64. The predicted octanol–water partition coefficient (Wildman–Crippen LogP) is 3.57. The third kappa shape index (κ3) is 3.18. The Morgan fingerprint density at radius 3 is 2.20 bits per heavy atom. The summed E-state index contributed by atoms with van der Waals surface area (Å²) in [6, 6.07) is 3.53. The number of hydrogen-bond acceptors (Lipinski definition) is 2. The zero-order valence-electron chi connectivity index (χ0n) is 12.0. The number of hydrogen-bond donors (Lipinski definition) is 1. The quantitative estimate of drug-likeness (QED) is 0.857. The van der Waals surface area contributed by atoms with Crippen LogP contribution >= 0.6 is 0 Å². The van der Waals surface area contributed by atoms with Crippen LogP contribution in [0.25, 0.3) is 0 Å². The van der Waals surface area contributed by atoms with Crippen LogP contribution in [0.5, 0.6) is 0 Å². The summed E-state index contributed by atoms with van der Waals surface area (Å²) in [4.78, 5) is 0. The Balaban J connectivity index is 2.18. The van der Waals surface area contributed by atoms with Crippen molar-refractivity contribution in [2.45, 2.75) is 56.6 Å². The molecule has 1 aromatic rings. The zero-order valence-corrected chi connectivity index (χ0v) is 12.0.